The predicted molar refractivity (Wildman–Crippen MR) is 53.3 cm³/mol. The maximum absolute atomic E-state index is 9.61. The highest BCUT2D eigenvalue weighted by molar-refractivity contribution is 6.77. The van der Waals surface area contributed by atoms with E-state index in [4.69, 9.17) is 0 Å². The Bertz CT molecular complexity index is 133. The molecule has 1 nitrogen and oxygen atoms in total. The summed E-state index contributed by atoms with van der Waals surface area (Å²) in [5.74, 6) is 0.543. The summed E-state index contributed by atoms with van der Waals surface area (Å²) < 4.78 is 0. The molecule has 0 aromatic carbocycles. The molecule has 0 spiro atoms. The molecule has 2 heteroatoms. The third-order valence-electron chi connectivity index (χ3n) is 1.57. The number of hydrogen-bond acceptors (Lipinski definition) is 1. The van der Waals surface area contributed by atoms with E-state index in [1.54, 1.807) is 0 Å². The van der Waals surface area contributed by atoms with Gasteiger partial charge in [0.05, 0.1) is 13.8 Å². The molecule has 0 heterocycles. The molecular weight excluding hydrogens is 152 g/mol. The number of hydrogen-bond donors (Lipinski definition) is 1. The molecule has 0 saturated heterocycles. The molecule has 0 aliphatic rings. The molecule has 11 heavy (non-hydrogen) atoms. The summed E-state index contributed by atoms with van der Waals surface area (Å²) in [6, 6.07) is 0. The second kappa shape index (κ2) is 4.07. The van der Waals surface area contributed by atoms with Gasteiger partial charge in [-0.05, 0) is 5.92 Å². The molecule has 0 rings (SSSR count). The molecule has 0 radical (unpaired) electrons. The van der Waals surface area contributed by atoms with Crippen molar-refractivity contribution < 1.29 is 5.11 Å². The van der Waals surface area contributed by atoms with E-state index in [2.05, 4.69) is 39.6 Å². The summed E-state index contributed by atoms with van der Waals surface area (Å²) >= 11 is 0. The predicted octanol–water partition coefficient (Wildman–Crippen LogP) is 2.44. The van der Waals surface area contributed by atoms with Crippen LogP contribution in [0.25, 0.3) is 0 Å². The second-order valence-corrected chi connectivity index (χ2v) is 9.76. The molecule has 0 aromatic rings. The monoisotopic (exact) mass is 172 g/mol. The summed E-state index contributed by atoms with van der Waals surface area (Å²) in [6.45, 7) is 10.7. The van der Waals surface area contributed by atoms with Crippen LogP contribution in [0.15, 0.2) is 12.2 Å². The lowest BCUT2D eigenvalue weighted by Gasteiger charge is -2.20. The van der Waals surface area contributed by atoms with Gasteiger partial charge in [0.15, 0.2) is 0 Å². The first kappa shape index (κ1) is 10.9. The zero-order valence-corrected chi connectivity index (χ0v) is 9.26. The van der Waals surface area contributed by atoms with Crippen LogP contribution in [-0.2, 0) is 0 Å². The number of aliphatic hydroxyl groups is 1. The van der Waals surface area contributed by atoms with Gasteiger partial charge in [0, 0.05) is 0 Å². The molecule has 0 bridgehead atoms. The van der Waals surface area contributed by atoms with Gasteiger partial charge in [0.25, 0.3) is 0 Å². The Kier molecular flexibility index (Phi) is 4.04. The summed E-state index contributed by atoms with van der Waals surface area (Å²) in [6.07, 6.45) is 4.01. The van der Waals surface area contributed by atoms with Crippen molar-refractivity contribution in [3.05, 3.63) is 12.2 Å². The Morgan fingerprint density at radius 2 is 1.55 bits per heavy atom. The van der Waals surface area contributed by atoms with Crippen molar-refractivity contribution in [2.24, 2.45) is 5.92 Å². The van der Waals surface area contributed by atoms with Gasteiger partial charge in [0.2, 0.25) is 0 Å². The van der Waals surface area contributed by atoms with E-state index >= 15 is 0 Å². The lowest BCUT2D eigenvalue weighted by molar-refractivity contribution is 0.290. The minimum absolute atomic E-state index is 0.190. The first-order valence-electron chi connectivity index (χ1n) is 4.20. The zero-order valence-electron chi connectivity index (χ0n) is 8.26. The van der Waals surface area contributed by atoms with Crippen molar-refractivity contribution in [2.45, 2.75) is 39.2 Å². The Hall–Kier alpha value is -0.0831. The number of aliphatic hydroxyl groups excluding tert-OH is 1. The van der Waals surface area contributed by atoms with E-state index in [0.29, 0.717) is 5.92 Å². The molecule has 0 aliphatic heterocycles. The molecule has 0 saturated carbocycles. The zero-order chi connectivity index (χ0) is 9.07. The molecule has 66 valence electrons. The molecule has 0 fully saturated rings. The van der Waals surface area contributed by atoms with Crippen LogP contribution in [-0.4, -0.2) is 18.9 Å². The van der Waals surface area contributed by atoms with E-state index in [-0.39, 0.29) is 5.73 Å². The van der Waals surface area contributed by atoms with Crippen LogP contribution in [0, 0.1) is 5.92 Å². The van der Waals surface area contributed by atoms with Crippen molar-refractivity contribution in [1.82, 2.24) is 0 Å². The Morgan fingerprint density at radius 1 is 1.09 bits per heavy atom. The maximum atomic E-state index is 9.61. The third-order valence-corrected chi connectivity index (χ3v) is 3.53. The number of rotatable bonds is 3. The lowest BCUT2D eigenvalue weighted by Crippen LogP contribution is -2.36. The standard InChI is InChI=1S/C9H20OSi/c1-8(2)6-7-9(10)11(3,4)5/h6-10H,1-5H3/b7-6+. The minimum atomic E-state index is -1.36. The van der Waals surface area contributed by atoms with Gasteiger partial charge in [-0.2, -0.15) is 0 Å². The third kappa shape index (κ3) is 5.22. The fourth-order valence-corrected chi connectivity index (χ4v) is 1.30. The van der Waals surface area contributed by atoms with Crippen LogP contribution in [0.3, 0.4) is 0 Å². The summed E-state index contributed by atoms with van der Waals surface area (Å²) in [5.41, 5.74) is -0.190. The van der Waals surface area contributed by atoms with Crippen molar-refractivity contribution in [3.63, 3.8) is 0 Å². The summed E-state index contributed by atoms with van der Waals surface area (Å²) in [4.78, 5) is 0. The van der Waals surface area contributed by atoms with Crippen LogP contribution in [0.1, 0.15) is 13.8 Å². The first-order valence-corrected chi connectivity index (χ1v) is 7.78. The molecular formula is C9H20OSi. The van der Waals surface area contributed by atoms with Crippen LogP contribution in [0.4, 0.5) is 0 Å². The highest BCUT2D eigenvalue weighted by atomic mass is 28.3. The second-order valence-electron chi connectivity index (χ2n) is 4.44. The van der Waals surface area contributed by atoms with Crippen LogP contribution < -0.4 is 0 Å². The fraction of sp³-hybridized carbons (Fsp3) is 0.778. The first-order chi connectivity index (χ1) is 4.84. The SMILES string of the molecule is CC(C)/C=C/C(O)[Si](C)(C)C. The molecule has 0 aliphatic carbocycles. The highest BCUT2D eigenvalue weighted by Crippen LogP contribution is 2.09. The van der Waals surface area contributed by atoms with Gasteiger partial charge in [-0.1, -0.05) is 45.6 Å². The Labute approximate surface area is 71.1 Å². The highest BCUT2D eigenvalue weighted by Gasteiger charge is 2.21. The Morgan fingerprint density at radius 3 is 1.82 bits per heavy atom. The fourth-order valence-electron chi connectivity index (χ4n) is 0.616. The lowest BCUT2D eigenvalue weighted by atomic mass is 10.2. The van der Waals surface area contributed by atoms with Crippen molar-refractivity contribution in [2.75, 3.05) is 0 Å². The van der Waals surface area contributed by atoms with E-state index in [0.717, 1.165) is 0 Å². The van der Waals surface area contributed by atoms with Gasteiger partial charge < -0.3 is 5.11 Å². The smallest absolute Gasteiger partial charge is 0.0830 e. The topological polar surface area (TPSA) is 20.2 Å². The van der Waals surface area contributed by atoms with Crippen molar-refractivity contribution >= 4 is 8.07 Å². The van der Waals surface area contributed by atoms with Gasteiger partial charge >= 0.3 is 0 Å². The van der Waals surface area contributed by atoms with Gasteiger partial charge in [0.1, 0.15) is 0 Å². The van der Waals surface area contributed by atoms with E-state index in [1.807, 2.05) is 6.08 Å². The normalized spacial score (nSPS) is 16.3. The van der Waals surface area contributed by atoms with Crippen LogP contribution in [0.2, 0.25) is 19.6 Å². The van der Waals surface area contributed by atoms with E-state index < -0.39 is 8.07 Å². The average Bonchev–Trinajstić information content (AvgIpc) is 1.80. The number of allylic oxidation sites excluding steroid dienone is 1. The van der Waals surface area contributed by atoms with Crippen molar-refractivity contribution in [1.29, 1.82) is 0 Å². The summed E-state index contributed by atoms with van der Waals surface area (Å²) in [5, 5.41) is 9.61. The van der Waals surface area contributed by atoms with Gasteiger partial charge in [-0.3, -0.25) is 0 Å². The van der Waals surface area contributed by atoms with Crippen LogP contribution in [0.5, 0.6) is 0 Å². The quantitative estimate of drug-likeness (QED) is 0.512. The maximum Gasteiger partial charge on any atom is 0.0830 e. The van der Waals surface area contributed by atoms with E-state index in [1.165, 1.54) is 0 Å². The van der Waals surface area contributed by atoms with Gasteiger partial charge in [-0.15, -0.1) is 0 Å². The minimum Gasteiger partial charge on any atom is -0.393 e. The largest absolute Gasteiger partial charge is 0.393 e. The molecule has 1 unspecified atom stereocenters. The Balaban J connectivity index is 3.97. The van der Waals surface area contributed by atoms with Crippen LogP contribution >= 0.6 is 0 Å². The van der Waals surface area contributed by atoms with Crippen molar-refractivity contribution in [3.8, 4) is 0 Å². The molecule has 0 amide bonds. The molecule has 0 aromatic heterocycles. The summed E-state index contributed by atoms with van der Waals surface area (Å²) in [7, 11) is -1.36. The molecule has 1 N–H and O–H groups in total. The van der Waals surface area contributed by atoms with Gasteiger partial charge in [-0.25, -0.2) is 0 Å². The molecule has 1 atom stereocenters. The van der Waals surface area contributed by atoms with E-state index in [9.17, 15) is 5.11 Å². The average molecular weight is 172 g/mol.